The molecule has 2 aromatic heterocycles. The van der Waals surface area contributed by atoms with E-state index < -0.39 is 5.97 Å². The second-order valence-electron chi connectivity index (χ2n) is 4.16. The Labute approximate surface area is 126 Å². The fourth-order valence-electron chi connectivity index (χ4n) is 1.82. The number of aromatic nitrogens is 2. The standard InChI is InChI=1S/C13H9BrN2O3S/c1-7-2-3-9(8(14)6-7)19-11-10(12(17)18)16-4-5-20-13(16)15-11/h2-6H,1H3,(H,17,18). The minimum absolute atomic E-state index is 0.0220. The molecule has 0 aliphatic rings. The molecule has 2 heterocycles. The summed E-state index contributed by atoms with van der Waals surface area (Å²) >= 11 is 4.75. The Kier molecular flexibility index (Phi) is 3.23. The van der Waals surface area contributed by atoms with Crippen molar-refractivity contribution in [2.24, 2.45) is 0 Å². The highest BCUT2D eigenvalue weighted by atomic mass is 79.9. The van der Waals surface area contributed by atoms with E-state index in [9.17, 15) is 9.90 Å². The van der Waals surface area contributed by atoms with Gasteiger partial charge in [-0.1, -0.05) is 6.07 Å². The number of thiazole rings is 1. The van der Waals surface area contributed by atoms with Crippen molar-refractivity contribution in [3.05, 3.63) is 45.5 Å². The summed E-state index contributed by atoms with van der Waals surface area (Å²) in [5.74, 6) is -0.452. The summed E-state index contributed by atoms with van der Waals surface area (Å²) in [6.07, 6.45) is 1.66. The molecule has 7 heteroatoms. The van der Waals surface area contributed by atoms with E-state index in [1.165, 1.54) is 15.7 Å². The molecule has 0 unspecified atom stereocenters. The Morgan fingerprint density at radius 2 is 2.30 bits per heavy atom. The summed E-state index contributed by atoms with van der Waals surface area (Å²) in [6, 6.07) is 5.56. The topological polar surface area (TPSA) is 63.8 Å². The highest BCUT2D eigenvalue weighted by molar-refractivity contribution is 9.10. The lowest BCUT2D eigenvalue weighted by molar-refractivity contribution is 0.0686. The first-order valence-corrected chi connectivity index (χ1v) is 7.36. The molecule has 0 amide bonds. The fraction of sp³-hybridized carbons (Fsp3) is 0.0769. The van der Waals surface area contributed by atoms with E-state index in [0.717, 1.165) is 10.0 Å². The highest BCUT2D eigenvalue weighted by Gasteiger charge is 2.21. The van der Waals surface area contributed by atoms with E-state index in [0.29, 0.717) is 10.7 Å². The smallest absolute Gasteiger partial charge is 0.358 e. The number of carbonyl (C=O) groups is 1. The normalized spacial score (nSPS) is 10.9. The third-order valence-electron chi connectivity index (χ3n) is 2.73. The van der Waals surface area contributed by atoms with Crippen LogP contribution < -0.4 is 4.74 Å². The third-order valence-corrected chi connectivity index (χ3v) is 4.10. The quantitative estimate of drug-likeness (QED) is 0.774. The molecule has 0 atom stereocenters. The van der Waals surface area contributed by atoms with Crippen molar-refractivity contribution >= 4 is 38.2 Å². The summed E-state index contributed by atoms with van der Waals surface area (Å²) in [5.41, 5.74) is 1.10. The van der Waals surface area contributed by atoms with E-state index >= 15 is 0 Å². The van der Waals surface area contributed by atoms with Gasteiger partial charge in [-0.3, -0.25) is 4.40 Å². The number of imidazole rings is 1. The van der Waals surface area contributed by atoms with Crippen molar-refractivity contribution < 1.29 is 14.6 Å². The van der Waals surface area contributed by atoms with Crippen LogP contribution in [0.5, 0.6) is 11.6 Å². The molecule has 5 nitrogen and oxygen atoms in total. The molecule has 3 rings (SSSR count). The molecular formula is C13H9BrN2O3S. The first-order chi connectivity index (χ1) is 9.56. The number of hydrogen-bond acceptors (Lipinski definition) is 4. The fourth-order valence-corrected chi connectivity index (χ4v) is 3.10. The Morgan fingerprint density at radius 3 is 3.00 bits per heavy atom. The van der Waals surface area contributed by atoms with Gasteiger partial charge in [-0.2, -0.15) is 4.98 Å². The Balaban J connectivity index is 2.08. The third kappa shape index (κ3) is 2.19. The van der Waals surface area contributed by atoms with Crippen LogP contribution in [0.15, 0.2) is 34.2 Å². The average Bonchev–Trinajstić information content (AvgIpc) is 2.91. The van der Waals surface area contributed by atoms with Gasteiger partial charge in [0.15, 0.2) is 10.7 Å². The van der Waals surface area contributed by atoms with Crippen LogP contribution >= 0.6 is 27.3 Å². The molecule has 0 saturated carbocycles. The van der Waals surface area contributed by atoms with Gasteiger partial charge in [0.1, 0.15) is 5.75 Å². The largest absolute Gasteiger partial charge is 0.476 e. The zero-order chi connectivity index (χ0) is 14.3. The number of fused-ring (bicyclic) bond motifs is 1. The summed E-state index contributed by atoms with van der Waals surface area (Å²) < 4.78 is 7.91. The van der Waals surface area contributed by atoms with Gasteiger partial charge < -0.3 is 9.84 Å². The summed E-state index contributed by atoms with van der Waals surface area (Å²) in [7, 11) is 0. The average molecular weight is 353 g/mol. The van der Waals surface area contributed by atoms with E-state index in [1.54, 1.807) is 17.6 Å². The second-order valence-corrected chi connectivity index (χ2v) is 5.89. The maximum absolute atomic E-state index is 11.4. The van der Waals surface area contributed by atoms with E-state index in [1.807, 2.05) is 19.1 Å². The predicted molar refractivity (Wildman–Crippen MR) is 79.0 cm³/mol. The van der Waals surface area contributed by atoms with Gasteiger partial charge in [0.05, 0.1) is 4.47 Å². The molecule has 0 fully saturated rings. The van der Waals surface area contributed by atoms with Crippen molar-refractivity contribution in [1.29, 1.82) is 0 Å². The predicted octanol–water partition coefficient (Wildman–Crippen LogP) is 3.96. The summed E-state index contributed by atoms with van der Waals surface area (Å²) in [4.78, 5) is 16.2. The highest BCUT2D eigenvalue weighted by Crippen LogP contribution is 2.33. The van der Waals surface area contributed by atoms with Gasteiger partial charge in [0.2, 0.25) is 0 Å². The van der Waals surface area contributed by atoms with Crippen molar-refractivity contribution in [3.63, 3.8) is 0 Å². The minimum atomic E-state index is -1.07. The molecule has 20 heavy (non-hydrogen) atoms. The number of halogens is 1. The van der Waals surface area contributed by atoms with Gasteiger partial charge in [-0.15, -0.1) is 11.3 Å². The molecule has 0 bridgehead atoms. The van der Waals surface area contributed by atoms with Crippen LogP contribution in [0.4, 0.5) is 0 Å². The maximum atomic E-state index is 11.4. The molecule has 0 aliphatic carbocycles. The van der Waals surface area contributed by atoms with Crippen LogP contribution in [0.2, 0.25) is 0 Å². The van der Waals surface area contributed by atoms with Gasteiger partial charge in [-0.25, -0.2) is 4.79 Å². The Hall–Kier alpha value is -1.86. The number of benzene rings is 1. The minimum Gasteiger partial charge on any atom is -0.476 e. The molecular weight excluding hydrogens is 344 g/mol. The van der Waals surface area contributed by atoms with E-state index in [-0.39, 0.29) is 11.6 Å². The van der Waals surface area contributed by atoms with Crippen LogP contribution in [-0.2, 0) is 0 Å². The number of ether oxygens (including phenoxy) is 1. The SMILES string of the molecule is Cc1ccc(Oc2nc3sccn3c2C(=O)O)c(Br)c1. The Morgan fingerprint density at radius 1 is 1.50 bits per heavy atom. The van der Waals surface area contributed by atoms with Crippen LogP contribution in [-0.4, -0.2) is 20.5 Å². The number of hydrogen-bond donors (Lipinski definition) is 1. The van der Waals surface area contributed by atoms with Crippen LogP contribution in [0.3, 0.4) is 0 Å². The summed E-state index contributed by atoms with van der Waals surface area (Å²) in [5, 5.41) is 11.1. The molecule has 1 N–H and O–H groups in total. The van der Waals surface area contributed by atoms with Gasteiger partial charge in [-0.05, 0) is 40.5 Å². The first kappa shape index (κ1) is 13.1. The number of rotatable bonds is 3. The van der Waals surface area contributed by atoms with E-state index in [4.69, 9.17) is 4.74 Å². The van der Waals surface area contributed by atoms with E-state index in [2.05, 4.69) is 20.9 Å². The lowest BCUT2D eigenvalue weighted by atomic mass is 10.2. The molecule has 102 valence electrons. The summed E-state index contributed by atoms with van der Waals surface area (Å²) in [6.45, 7) is 1.96. The van der Waals surface area contributed by atoms with Crippen LogP contribution in [0.25, 0.3) is 4.96 Å². The van der Waals surface area contributed by atoms with Gasteiger partial charge >= 0.3 is 5.97 Å². The monoisotopic (exact) mass is 352 g/mol. The van der Waals surface area contributed by atoms with Crippen LogP contribution in [0, 0.1) is 6.92 Å². The number of carboxylic acid groups (broad SMARTS) is 1. The molecule has 0 saturated heterocycles. The molecule has 3 aromatic rings. The maximum Gasteiger partial charge on any atom is 0.358 e. The van der Waals surface area contributed by atoms with Crippen molar-refractivity contribution in [2.75, 3.05) is 0 Å². The van der Waals surface area contributed by atoms with Crippen LogP contribution in [0.1, 0.15) is 16.1 Å². The second kappa shape index (κ2) is 4.92. The van der Waals surface area contributed by atoms with Gasteiger partial charge in [0.25, 0.3) is 5.88 Å². The van der Waals surface area contributed by atoms with Crippen molar-refractivity contribution in [3.8, 4) is 11.6 Å². The van der Waals surface area contributed by atoms with Crippen molar-refractivity contribution in [1.82, 2.24) is 9.38 Å². The first-order valence-electron chi connectivity index (χ1n) is 5.69. The molecule has 1 aromatic carbocycles. The number of aromatic carboxylic acids is 1. The zero-order valence-corrected chi connectivity index (χ0v) is 12.7. The lowest BCUT2D eigenvalue weighted by Crippen LogP contribution is -2.02. The molecule has 0 aliphatic heterocycles. The number of nitrogens with zero attached hydrogens (tertiary/aromatic N) is 2. The number of aryl methyl sites for hydroxylation is 1. The number of carboxylic acids is 1. The Bertz CT molecular complexity index is 809. The zero-order valence-electron chi connectivity index (χ0n) is 10.3. The molecule has 0 spiro atoms. The lowest BCUT2D eigenvalue weighted by Gasteiger charge is -2.06. The molecule has 0 radical (unpaired) electrons. The van der Waals surface area contributed by atoms with Gasteiger partial charge in [0, 0.05) is 11.6 Å². The van der Waals surface area contributed by atoms with Crippen molar-refractivity contribution in [2.45, 2.75) is 6.92 Å².